The summed E-state index contributed by atoms with van der Waals surface area (Å²) >= 11 is 0. The van der Waals surface area contributed by atoms with Crippen LogP contribution in [0.2, 0.25) is 0 Å². The van der Waals surface area contributed by atoms with Gasteiger partial charge in [-0.25, -0.2) is 15.0 Å². The van der Waals surface area contributed by atoms with Crippen molar-refractivity contribution in [1.82, 2.24) is 34.6 Å². The summed E-state index contributed by atoms with van der Waals surface area (Å²) in [5.74, 6) is 1.22. The Balaban J connectivity index is 1.45. The van der Waals surface area contributed by atoms with Gasteiger partial charge in [-0.2, -0.15) is 5.10 Å². The summed E-state index contributed by atoms with van der Waals surface area (Å²) in [5, 5.41) is 8.37. The van der Waals surface area contributed by atoms with Gasteiger partial charge in [0, 0.05) is 31.9 Å². The molecule has 3 heterocycles. The van der Waals surface area contributed by atoms with Crippen molar-refractivity contribution in [3.05, 3.63) is 47.8 Å². The Labute approximate surface area is 168 Å². The van der Waals surface area contributed by atoms with E-state index in [0.717, 1.165) is 35.1 Å². The number of carbonyl (C=O) groups excluding carboxylic acids is 1. The SMILES string of the molecule is Cn1ncc2cccc(CNC(=O)c3ncnc4nc(C5CCCC5)n(C)c34)c21. The lowest BCUT2D eigenvalue weighted by Crippen LogP contribution is -2.25. The molecule has 29 heavy (non-hydrogen) atoms. The zero-order chi connectivity index (χ0) is 20.0. The van der Waals surface area contributed by atoms with E-state index in [0.29, 0.717) is 29.3 Å². The molecule has 0 radical (unpaired) electrons. The van der Waals surface area contributed by atoms with Gasteiger partial charge in [0.15, 0.2) is 11.3 Å². The normalized spacial score (nSPS) is 14.8. The van der Waals surface area contributed by atoms with Crippen molar-refractivity contribution >= 4 is 28.0 Å². The minimum absolute atomic E-state index is 0.224. The van der Waals surface area contributed by atoms with Gasteiger partial charge < -0.3 is 9.88 Å². The fraction of sp³-hybridized carbons (Fsp3) is 0.381. The van der Waals surface area contributed by atoms with Gasteiger partial charge in [-0.3, -0.25) is 9.48 Å². The molecule has 0 bridgehead atoms. The maximum Gasteiger partial charge on any atom is 0.272 e. The molecule has 3 aromatic heterocycles. The summed E-state index contributed by atoms with van der Waals surface area (Å²) in [4.78, 5) is 26.3. The molecule has 1 aliphatic rings. The molecule has 1 N–H and O–H groups in total. The molecule has 0 unspecified atom stereocenters. The van der Waals surface area contributed by atoms with E-state index in [9.17, 15) is 4.79 Å². The fourth-order valence-corrected chi connectivity index (χ4v) is 4.49. The van der Waals surface area contributed by atoms with E-state index in [4.69, 9.17) is 4.98 Å². The van der Waals surface area contributed by atoms with Crippen LogP contribution >= 0.6 is 0 Å². The van der Waals surface area contributed by atoms with Gasteiger partial charge in [0.2, 0.25) is 0 Å². The van der Waals surface area contributed by atoms with Crippen molar-refractivity contribution in [2.75, 3.05) is 0 Å². The average molecular weight is 389 g/mol. The average Bonchev–Trinajstić information content (AvgIpc) is 3.46. The molecule has 8 heteroatoms. The molecule has 4 aromatic rings. The third kappa shape index (κ3) is 2.95. The third-order valence-corrected chi connectivity index (χ3v) is 5.92. The summed E-state index contributed by atoms with van der Waals surface area (Å²) in [7, 11) is 3.86. The van der Waals surface area contributed by atoms with Crippen LogP contribution in [0.5, 0.6) is 0 Å². The molecule has 1 saturated carbocycles. The maximum atomic E-state index is 13.0. The lowest BCUT2D eigenvalue weighted by Gasteiger charge is -2.10. The number of benzene rings is 1. The summed E-state index contributed by atoms with van der Waals surface area (Å²) in [6, 6.07) is 5.99. The Bertz CT molecular complexity index is 1220. The van der Waals surface area contributed by atoms with E-state index in [1.165, 1.54) is 19.2 Å². The van der Waals surface area contributed by atoms with Crippen molar-refractivity contribution in [1.29, 1.82) is 0 Å². The fourth-order valence-electron chi connectivity index (χ4n) is 4.49. The molecule has 148 valence electrons. The van der Waals surface area contributed by atoms with Gasteiger partial charge in [-0.15, -0.1) is 0 Å². The number of hydrogen-bond donors (Lipinski definition) is 1. The number of amides is 1. The number of para-hydroxylation sites is 1. The number of nitrogens with one attached hydrogen (secondary N) is 1. The first-order chi connectivity index (χ1) is 14.1. The largest absolute Gasteiger partial charge is 0.346 e. The van der Waals surface area contributed by atoms with Gasteiger partial charge in [0.1, 0.15) is 17.7 Å². The van der Waals surface area contributed by atoms with Crippen LogP contribution in [0.1, 0.15) is 53.5 Å². The second-order valence-electron chi connectivity index (χ2n) is 7.71. The zero-order valence-corrected chi connectivity index (χ0v) is 16.6. The highest BCUT2D eigenvalue weighted by atomic mass is 16.1. The van der Waals surface area contributed by atoms with Crippen LogP contribution in [0.25, 0.3) is 22.1 Å². The third-order valence-electron chi connectivity index (χ3n) is 5.92. The van der Waals surface area contributed by atoms with E-state index in [1.807, 2.05) is 47.7 Å². The Morgan fingerprint density at radius 3 is 2.83 bits per heavy atom. The quantitative estimate of drug-likeness (QED) is 0.580. The van der Waals surface area contributed by atoms with E-state index in [-0.39, 0.29) is 5.91 Å². The van der Waals surface area contributed by atoms with E-state index >= 15 is 0 Å². The topological polar surface area (TPSA) is 90.5 Å². The van der Waals surface area contributed by atoms with Crippen LogP contribution in [0.4, 0.5) is 0 Å². The summed E-state index contributed by atoms with van der Waals surface area (Å²) in [6.45, 7) is 0.397. The summed E-state index contributed by atoms with van der Waals surface area (Å²) in [5.41, 5.74) is 3.68. The minimum atomic E-state index is -0.224. The first-order valence-electron chi connectivity index (χ1n) is 9.98. The lowest BCUT2D eigenvalue weighted by atomic mass is 10.1. The Morgan fingerprint density at radius 2 is 2.00 bits per heavy atom. The predicted octanol–water partition coefficient (Wildman–Crippen LogP) is 2.84. The summed E-state index contributed by atoms with van der Waals surface area (Å²) in [6.07, 6.45) is 7.99. The molecule has 8 nitrogen and oxygen atoms in total. The first kappa shape index (κ1) is 17.8. The number of carbonyl (C=O) groups is 1. The van der Waals surface area contributed by atoms with Crippen LogP contribution in [0, 0.1) is 0 Å². The molecule has 1 fully saturated rings. The highest BCUT2D eigenvalue weighted by Crippen LogP contribution is 2.34. The highest BCUT2D eigenvalue weighted by Gasteiger charge is 2.25. The van der Waals surface area contributed by atoms with Crippen molar-refractivity contribution in [2.24, 2.45) is 14.1 Å². The number of aromatic nitrogens is 6. The Morgan fingerprint density at radius 1 is 1.17 bits per heavy atom. The van der Waals surface area contributed by atoms with Crippen LogP contribution < -0.4 is 5.32 Å². The van der Waals surface area contributed by atoms with Crippen molar-refractivity contribution < 1.29 is 4.79 Å². The number of rotatable bonds is 4. The Hall–Kier alpha value is -3.29. The van der Waals surface area contributed by atoms with Gasteiger partial charge in [0.25, 0.3) is 5.91 Å². The van der Waals surface area contributed by atoms with Gasteiger partial charge in [-0.05, 0) is 18.4 Å². The number of aryl methyl sites for hydroxylation is 2. The van der Waals surface area contributed by atoms with Crippen LogP contribution in [0.3, 0.4) is 0 Å². The molecule has 0 atom stereocenters. The molecule has 0 spiro atoms. The van der Waals surface area contributed by atoms with E-state index in [1.54, 1.807) is 0 Å². The van der Waals surface area contributed by atoms with Crippen LogP contribution in [-0.4, -0.2) is 35.2 Å². The van der Waals surface area contributed by atoms with Crippen LogP contribution in [-0.2, 0) is 20.6 Å². The molecular weight excluding hydrogens is 366 g/mol. The molecule has 1 amide bonds. The number of hydrogen-bond acceptors (Lipinski definition) is 5. The smallest absolute Gasteiger partial charge is 0.272 e. The van der Waals surface area contributed by atoms with Crippen molar-refractivity contribution in [3.8, 4) is 0 Å². The van der Waals surface area contributed by atoms with E-state index in [2.05, 4.69) is 20.4 Å². The summed E-state index contributed by atoms with van der Waals surface area (Å²) < 4.78 is 3.83. The molecular formula is C21H23N7O. The predicted molar refractivity (Wildman–Crippen MR) is 109 cm³/mol. The minimum Gasteiger partial charge on any atom is -0.346 e. The maximum absolute atomic E-state index is 13.0. The van der Waals surface area contributed by atoms with Gasteiger partial charge in [0.05, 0.1) is 11.7 Å². The van der Waals surface area contributed by atoms with Gasteiger partial charge in [-0.1, -0.05) is 31.0 Å². The molecule has 0 saturated heterocycles. The Kier molecular flexibility index (Phi) is 4.26. The second kappa shape index (κ2) is 6.95. The molecule has 5 rings (SSSR count). The molecule has 1 aliphatic carbocycles. The monoisotopic (exact) mass is 389 g/mol. The highest BCUT2D eigenvalue weighted by molar-refractivity contribution is 6.02. The standard InChI is InChI=1S/C21H23N7O/c1-27-18-16(23-12-24-19(18)26-20(27)13-6-3-4-7-13)21(29)22-10-14-8-5-9-15-11-25-28(2)17(14)15/h5,8-9,11-13H,3-4,6-7,10H2,1-2H3,(H,22,29). The van der Waals surface area contributed by atoms with E-state index < -0.39 is 0 Å². The second-order valence-corrected chi connectivity index (χ2v) is 7.71. The van der Waals surface area contributed by atoms with Crippen LogP contribution in [0.15, 0.2) is 30.7 Å². The zero-order valence-electron chi connectivity index (χ0n) is 16.6. The number of fused-ring (bicyclic) bond motifs is 2. The number of nitrogens with zero attached hydrogens (tertiary/aromatic N) is 6. The molecule has 0 aliphatic heterocycles. The molecule has 1 aromatic carbocycles. The lowest BCUT2D eigenvalue weighted by molar-refractivity contribution is 0.0947. The number of imidazole rings is 1. The van der Waals surface area contributed by atoms with Crippen molar-refractivity contribution in [3.63, 3.8) is 0 Å². The van der Waals surface area contributed by atoms with Gasteiger partial charge >= 0.3 is 0 Å². The van der Waals surface area contributed by atoms with Crippen molar-refractivity contribution in [2.45, 2.75) is 38.1 Å². The first-order valence-corrected chi connectivity index (χ1v) is 9.98.